The third-order valence-corrected chi connectivity index (χ3v) is 1.84. The van der Waals surface area contributed by atoms with Crippen LogP contribution in [0.3, 0.4) is 0 Å². The van der Waals surface area contributed by atoms with Crippen molar-refractivity contribution in [3.05, 3.63) is 23.3 Å². The summed E-state index contributed by atoms with van der Waals surface area (Å²) in [6.45, 7) is 5.64. The number of carbonyl (C=O) groups is 1. The normalized spacial score (nSPS) is 28.2. The molecule has 0 aliphatic carbocycles. The maximum Gasteiger partial charge on any atom is 0.335 e. The number of carbonyl (C=O) groups excluding carboxylic acids is 1. The molecule has 1 aliphatic heterocycles. The number of rotatable bonds is 1. The smallest absolute Gasteiger partial charge is 0.335 e. The SMILES string of the molecule is C=CC1COC(=O)/C1=C(\C)Cl. The van der Waals surface area contributed by atoms with Gasteiger partial charge >= 0.3 is 5.97 Å². The van der Waals surface area contributed by atoms with Crippen LogP contribution in [-0.2, 0) is 9.53 Å². The lowest BCUT2D eigenvalue weighted by Gasteiger charge is -1.99. The van der Waals surface area contributed by atoms with Crippen LogP contribution in [0.15, 0.2) is 23.3 Å². The minimum absolute atomic E-state index is 0.0278. The van der Waals surface area contributed by atoms with Crippen molar-refractivity contribution in [2.24, 2.45) is 5.92 Å². The van der Waals surface area contributed by atoms with Gasteiger partial charge in [0, 0.05) is 11.0 Å². The summed E-state index contributed by atoms with van der Waals surface area (Å²) in [4.78, 5) is 11.0. The van der Waals surface area contributed by atoms with Crippen LogP contribution in [0.4, 0.5) is 0 Å². The number of cyclic esters (lactones) is 1. The molecular formula is C8H9ClO2. The number of esters is 1. The fraction of sp³-hybridized carbons (Fsp3) is 0.375. The molecule has 1 heterocycles. The third-order valence-electron chi connectivity index (χ3n) is 1.64. The Morgan fingerprint density at radius 1 is 1.91 bits per heavy atom. The van der Waals surface area contributed by atoms with Gasteiger partial charge in [0.15, 0.2) is 0 Å². The Kier molecular flexibility index (Phi) is 2.35. The van der Waals surface area contributed by atoms with Gasteiger partial charge in [-0.1, -0.05) is 17.7 Å². The van der Waals surface area contributed by atoms with Crippen LogP contribution in [0.5, 0.6) is 0 Å². The number of halogens is 1. The van der Waals surface area contributed by atoms with Gasteiger partial charge < -0.3 is 4.74 Å². The monoisotopic (exact) mass is 172 g/mol. The summed E-state index contributed by atoms with van der Waals surface area (Å²) in [5, 5.41) is 0.498. The molecule has 60 valence electrons. The predicted molar refractivity (Wildman–Crippen MR) is 43.2 cm³/mol. The van der Waals surface area contributed by atoms with E-state index in [9.17, 15) is 4.79 Å². The van der Waals surface area contributed by atoms with Crippen molar-refractivity contribution < 1.29 is 9.53 Å². The molecule has 3 heteroatoms. The molecule has 11 heavy (non-hydrogen) atoms. The van der Waals surface area contributed by atoms with Crippen LogP contribution >= 0.6 is 11.6 Å². The Hall–Kier alpha value is -0.760. The second-order valence-electron chi connectivity index (χ2n) is 2.39. The van der Waals surface area contributed by atoms with E-state index in [0.29, 0.717) is 17.2 Å². The van der Waals surface area contributed by atoms with E-state index in [1.165, 1.54) is 0 Å². The Balaban J connectivity index is 2.98. The molecule has 1 aliphatic rings. The van der Waals surface area contributed by atoms with Crippen LogP contribution in [0.2, 0.25) is 0 Å². The van der Waals surface area contributed by atoms with Crippen molar-refractivity contribution in [3.8, 4) is 0 Å². The number of ether oxygens (including phenoxy) is 1. The van der Waals surface area contributed by atoms with Crippen LogP contribution in [-0.4, -0.2) is 12.6 Å². The molecule has 0 aromatic rings. The van der Waals surface area contributed by atoms with E-state index < -0.39 is 0 Å². The zero-order valence-corrected chi connectivity index (χ0v) is 7.02. The highest BCUT2D eigenvalue weighted by molar-refractivity contribution is 6.31. The van der Waals surface area contributed by atoms with Gasteiger partial charge in [0.1, 0.15) is 6.61 Å². The van der Waals surface area contributed by atoms with Gasteiger partial charge in [-0.15, -0.1) is 6.58 Å². The molecule has 1 fully saturated rings. The lowest BCUT2D eigenvalue weighted by Crippen LogP contribution is -2.00. The Labute approximate surface area is 70.5 Å². The largest absolute Gasteiger partial charge is 0.461 e. The molecule has 2 nitrogen and oxygen atoms in total. The highest BCUT2D eigenvalue weighted by Crippen LogP contribution is 2.26. The molecule has 1 atom stereocenters. The summed E-state index contributed by atoms with van der Waals surface area (Å²) in [5.41, 5.74) is 0.543. The number of allylic oxidation sites excluding steroid dienone is 1. The molecule has 0 spiro atoms. The Morgan fingerprint density at radius 2 is 2.55 bits per heavy atom. The van der Waals surface area contributed by atoms with Gasteiger partial charge in [-0.2, -0.15) is 0 Å². The van der Waals surface area contributed by atoms with E-state index in [4.69, 9.17) is 16.3 Å². The van der Waals surface area contributed by atoms with E-state index in [1.807, 2.05) is 0 Å². The first-order valence-corrected chi connectivity index (χ1v) is 3.70. The van der Waals surface area contributed by atoms with E-state index in [-0.39, 0.29) is 11.9 Å². The average molecular weight is 173 g/mol. The first-order chi connectivity index (χ1) is 5.16. The molecule has 0 aromatic heterocycles. The molecule has 0 N–H and O–H groups in total. The number of hydrogen-bond acceptors (Lipinski definition) is 2. The average Bonchev–Trinajstić information content (AvgIpc) is 2.30. The van der Waals surface area contributed by atoms with Crippen LogP contribution < -0.4 is 0 Å². The molecule has 0 bridgehead atoms. The topological polar surface area (TPSA) is 26.3 Å². The number of hydrogen-bond donors (Lipinski definition) is 0. The highest BCUT2D eigenvalue weighted by atomic mass is 35.5. The summed E-state index contributed by atoms with van der Waals surface area (Å²) in [6.07, 6.45) is 1.67. The first kappa shape index (κ1) is 8.34. The molecular weight excluding hydrogens is 164 g/mol. The van der Waals surface area contributed by atoms with Crippen molar-refractivity contribution in [1.82, 2.24) is 0 Å². The van der Waals surface area contributed by atoms with Gasteiger partial charge in [-0.25, -0.2) is 4.79 Å². The summed E-state index contributed by atoms with van der Waals surface area (Å²) < 4.78 is 4.78. The summed E-state index contributed by atoms with van der Waals surface area (Å²) in [6, 6.07) is 0. The standard InChI is InChI=1S/C8H9ClO2/c1-3-6-4-11-8(10)7(6)5(2)9/h3,6H,1,4H2,2H3/b7-5+. The first-order valence-electron chi connectivity index (χ1n) is 3.32. The Morgan fingerprint density at radius 3 is 2.91 bits per heavy atom. The fourth-order valence-corrected chi connectivity index (χ4v) is 1.28. The van der Waals surface area contributed by atoms with Crippen molar-refractivity contribution in [1.29, 1.82) is 0 Å². The van der Waals surface area contributed by atoms with Gasteiger partial charge in [0.2, 0.25) is 0 Å². The van der Waals surface area contributed by atoms with E-state index in [2.05, 4.69) is 6.58 Å². The van der Waals surface area contributed by atoms with Gasteiger partial charge in [0.05, 0.1) is 5.57 Å². The minimum Gasteiger partial charge on any atom is -0.461 e. The molecule has 0 aromatic carbocycles. The van der Waals surface area contributed by atoms with Crippen LogP contribution in [0.1, 0.15) is 6.92 Å². The molecule has 0 radical (unpaired) electrons. The van der Waals surface area contributed by atoms with Crippen molar-refractivity contribution in [3.63, 3.8) is 0 Å². The summed E-state index contributed by atoms with van der Waals surface area (Å²) in [7, 11) is 0. The lowest BCUT2D eigenvalue weighted by atomic mass is 10.0. The zero-order valence-electron chi connectivity index (χ0n) is 6.26. The molecule has 1 unspecified atom stereocenters. The quantitative estimate of drug-likeness (QED) is 0.343. The van der Waals surface area contributed by atoms with Crippen LogP contribution in [0, 0.1) is 5.92 Å². The molecule has 0 saturated carbocycles. The Bertz CT molecular complexity index is 226. The summed E-state index contributed by atoms with van der Waals surface area (Å²) >= 11 is 5.68. The van der Waals surface area contributed by atoms with E-state index in [0.717, 1.165) is 0 Å². The van der Waals surface area contributed by atoms with Crippen molar-refractivity contribution >= 4 is 17.6 Å². The summed E-state index contributed by atoms with van der Waals surface area (Å²) in [5.74, 6) is -0.345. The minimum atomic E-state index is -0.317. The maximum atomic E-state index is 11.0. The molecule has 1 saturated heterocycles. The lowest BCUT2D eigenvalue weighted by molar-refractivity contribution is -0.135. The predicted octanol–water partition coefficient (Wildman–Crippen LogP) is 1.86. The maximum absolute atomic E-state index is 11.0. The second kappa shape index (κ2) is 3.09. The van der Waals surface area contributed by atoms with Gasteiger partial charge in [0.25, 0.3) is 0 Å². The van der Waals surface area contributed by atoms with Crippen LogP contribution in [0.25, 0.3) is 0 Å². The van der Waals surface area contributed by atoms with Gasteiger partial charge in [-0.3, -0.25) is 0 Å². The van der Waals surface area contributed by atoms with E-state index >= 15 is 0 Å². The zero-order chi connectivity index (χ0) is 8.43. The third kappa shape index (κ3) is 1.46. The van der Waals surface area contributed by atoms with Gasteiger partial charge in [-0.05, 0) is 6.92 Å². The van der Waals surface area contributed by atoms with Crippen molar-refractivity contribution in [2.75, 3.05) is 6.61 Å². The van der Waals surface area contributed by atoms with Crippen molar-refractivity contribution in [2.45, 2.75) is 6.92 Å². The second-order valence-corrected chi connectivity index (χ2v) is 2.95. The molecule has 1 rings (SSSR count). The highest BCUT2D eigenvalue weighted by Gasteiger charge is 2.29. The molecule has 0 amide bonds. The fourth-order valence-electron chi connectivity index (χ4n) is 1.06. The van der Waals surface area contributed by atoms with E-state index in [1.54, 1.807) is 13.0 Å².